The van der Waals surface area contributed by atoms with Crippen LogP contribution in [0.15, 0.2) is 61.1 Å². The van der Waals surface area contributed by atoms with Gasteiger partial charge in [-0.25, -0.2) is 14.4 Å². The van der Waals surface area contributed by atoms with Gasteiger partial charge >= 0.3 is 6.18 Å². The van der Waals surface area contributed by atoms with Crippen molar-refractivity contribution in [2.45, 2.75) is 25.6 Å². The lowest BCUT2D eigenvalue weighted by molar-refractivity contribution is -0.137. The number of benzene rings is 2. The fourth-order valence-corrected chi connectivity index (χ4v) is 3.69. The molecule has 0 aliphatic heterocycles. The van der Waals surface area contributed by atoms with E-state index in [1.165, 1.54) is 4.68 Å². The smallest absolute Gasteiger partial charge is 0.416 e. The lowest BCUT2D eigenvalue weighted by atomic mass is 10.0. The van der Waals surface area contributed by atoms with Gasteiger partial charge in [-0.15, -0.1) is 0 Å². The molecule has 0 aliphatic rings. The Labute approximate surface area is 199 Å². The van der Waals surface area contributed by atoms with Gasteiger partial charge in [0.2, 0.25) is 0 Å². The summed E-state index contributed by atoms with van der Waals surface area (Å²) in [7, 11) is 3.13. The first-order chi connectivity index (χ1) is 16.7. The van der Waals surface area contributed by atoms with Crippen LogP contribution in [0.25, 0.3) is 11.3 Å². The second kappa shape index (κ2) is 9.73. The Kier molecular flexibility index (Phi) is 6.72. The number of ether oxygens (including phenoxy) is 2. The van der Waals surface area contributed by atoms with E-state index in [1.54, 1.807) is 45.8 Å². The first-order valence-corrected chi connectivity index (χ1v) is 10.6. The standard InChI is InChI=1S/C25H22F4N4O2/c1-15(19-6-5-18(12-20(19)26)25(27,28)29)33-14-17(13-31-33)21-8-9-30-24(32-21)11-16-4-7-22(34-2)23(10-16)35-3/h4-10,12-15H,11H2,1-3H3. The predicted molar refractivity (Wildman–Crippen MR) is 121 cm³/mol. The molecule has 0 aliphatic carbocycles. The number of hydrogen-bond acceptors (Lipinski definition) is 5. The van der Waals surface area contributed by atoms with Gasteiger partial charge in [0.05, 0.1) is 37.7 Å². The fraction of sp³-hybridized carbons (Fsp3) is 0.240. The van der Waals surface area contributed by atoms with Crippen molar-refractivity contribution >= 4 is 0 Å². The van der Waals surface area contributed by atoms with Crippen molar-refractivity contribution in [1.82, 2.24) is 19.7 Å². The molecule has 2 heterocycles. The lowest BCUT2D eigenvalue weighted by Gasteiger charge is -2.15. The third-order valence-electron chi connectivity index (χ3n) is 5.59. The number of nitrogens with zero attached hydrogens (tertiary/aromatic N) is 4. The zero-order valence-corrected chi connectivity index (χ0v) is 19.2. The molecule has 0 saturated heterocycles. The maximum Gasteiger partial charge on any atom is 0.416 e. The minimum absolute atomic E-state index is 0.101. The van der Waals surface area contributed by atoms with Crippen LogP contribution in [0.2, 0.25) is 0 Å². The van der Waals surface area contributed by atoms with E-state index in [1.807, 2.05) is 18.2 Å². The summed E-state index contributed by atoms with van der Waals surface area (Å²) in [5.41, 5.74) is 1.28. The molecule has 0 spiro atoms. The number of hydrogen-bond donors (Lipinski definition) is 0. The molecule has 0 bridgehead atoms. The van der Waals surface area contributed by atoms with Crippen LogP contribution < -0.4 is 9.47 Å². The zero-order chi connectivity index (χ0) is 25.2. The van der Waals surface area contributed by atoms with E-state index >= 15 is 0 Å². The molecule has 0 radical (unpaired) electrons. The summed E-state index contributed by atoms with van der Waals surface area (Å²) in [5.74, 6) is 0.858. The first kappa shape index (κ1) is 24.2. The van der Waals surface area contributed by atoms with Crippen molar-refractivity contribution in [3.8, 4) is 22.8 Å². The van der Waals surface area contributed by atoms with Gasteiger partial charge in [0, 0.05) is 29.9 Å². The number of rotatable bonds is 7. The summed E-state index contributed by atoms with van der Waals surface area (Å²) in [6, 6.07) is 9.16. The van der Waals surface area contributed by atoms with Gasteiger partial charge in [-0.1, -0.05) is 12.1 Å². The van der Waals surface area contributed by atoms with Crippen LogP contribution in [0.3, 0.4) is 0 Å². The van der Waals surface area contributed by atoms with Gasteiger partial charge in [0.25, 0.3) is 0 Å². The lowest BCUT2D eigenvalue weighted by Crippen LogP contribution is -2.11. The molecule has 1 unspecified atom stereocenters. The average Bonchev–Trinajstić information content (AvgIpc) is 3.33. The van der Waals surface area contributed by atoms with Gasteiger partial charge in [0.15, 0.2) is 11.5 Å². The highest BCUT2D eigenvalue weighted by atomic mass is 19.4. The Hall–Kier alpha value is -3.95. The topological polar surface area (TPSA) is 62.1 Å². The number of alkyl halides is 3. The third-order valence-corrected chi connectivity index (χ3v) is 5.59. The Morgan fingerprint density at radius 3 is 2.46 bits per heavy atom. The number of methoxy groups -OCH3 is 2. The summed E-state index contributed by atoms with van der Waals surface area (Å²) in [4.78, 5) is 8.94. The maximum absolute atomic E-state index is 14.4. The molecule has 182 valence electrons. The number of aromatic nitrogens is 4. The summed E-state index contributed by atoms with van der Waals surface area (Å²) >= 11 is 0. The normalized spacial score (nSPS) is 12.4. The molecular formula is C25H22F4N4O2. The monoisotopic (exact) mass is 486 g/mol. The molecule has 4 rings (SSSR count). The highest BCUT2D eigenvalue weighted by Gasteiger charge is 2.31. The van der Waals surface area contributed by atoms with E-state index in [0.717, 1.165) is 17.7 Å². The molecule has 1 atom stereocenters. The van der Waals surface area contributed by atoms with Crippen molar-refractivity contribution in [2.24, 2.45) is 0 Å². The second-order valence-electron chi connectivity index (χ2n) is 7.84. The summed E-state index contributed by atoms with van der Waals surface area (Å²) < 4.78 is 65.1. The molecule has 0 saturated carbocycles. The number of halogens is 4. The Bertz CT molecular complexity index is 1340. The summed E-state index contributed by atoms with van der Waals surface area (Å²) in [5, 5.41) is 4.27. The van der Waals surface area contributed by atoms with Crippen LogP contribution in [0.1, 0.15) is 35.5 Å². The van der Waals surface area contributed by atoms with Crippen molar-refractivity contribution in [2.75, 3.05) is 14.2 Å². The fourth-order valence-electron chi connectivity index (χ4n) is 3.69. The van der Waals surface area contributed by atoms with Crippen LogP contribution in [0, 0.1) is 5.82 Å². The zero-order valence-electron chi connectivity index (χ0n) is 19.2. The largest absolute Gasteiger partial charge is 0.493 e. The molecule has 2 aromatic heterocycles. The van der Waals surface area contributed by atoms with E-state index in [9.17, 15) is 17.6 Å². The van der Waals surface area contributed by atoms with E-state index in [2.05, 4.69) is 15.1 Å². The Balaban J connectivity index is 1.55. The highest BCUT2D eigenvalue weighted by molar-refractivity contribution is 5.56. The predicted octanol–water partition coefficient (Wildman–Crippen LogP) is 5.72. The second-order valence-corrected chi connectivity index (χ2v) is 7.84. The van der Waals surface area contributed by atoms with Crippen molar-refractivity contribution in [1.29, 1.82) is 0 Å². The Morgan fingerprint density at radius 1 is 1.00 bits per heavy atom. The quantitative estimate of drug-likeness (QED) is 0.313. The van der Waals surface area contributed by atoms with Crippen molar-refractivity contribution in [3.05, 3.63) is 89.4 Å². The molecule has 2 aromatic carbocycles. The molecule has 0 amide bonds. The van der Waals surface area contributed by atoms with Gasteiger partial charge in [-0.3, -0.25) is 4.68 Å². The van der Waals surface area contributed by atoms with Crippen LogP contribution in [-0.2, 0) is 12.6 Å². The van der Waals surface area contributed by atoms with Gasteiger partial charge in [-0.2, -0.15) is 18.3 Å². The highest BCUT2D eigenvalue weighted by Crippen LogP contribution is 2.32. The minimum atomic E-state index is -4.61. The van der Waals surface area contributed by atoms with E-state index < -0.39 is 23.6 Å². The molecule has 35 heavy (non-hydrogen) atoms. The average molecular weight is 486 g/mol. The van der Waals surface area contributed by atoms with Crippen LogP contribution >= 0.6 is 0 Å². The third kappa shape index (κ3) is 5.26. The van der Waals surface area contributed by atoms with E-state index in [-0.39, 0.29) is 5.56 Å². The maximum atomic E-state index is 14.4. The van der Waals surface area contributed by atoms with Crippen LogP contribution in [-0.4, -0.2) is 34.0 Å². The molecular weight excluding hydrogens is 464 g/mol. The molecule has 6 nitrogen and oxygen atoms in total. The van der Waals surface area contributed by atoms with Gasteiger partial charge in [0.1, 0.15) is 11.6 Å². The summed E-state index contributed by atoms with van der Waals surface area (Å²) in [6.07, 6.45) is 0.721. The summed E-state index contributed by atoms with van der Waals surface area (Å²) in [6.45, 7) is 1.66. The van der Waals surface area contributed by atoms with Crippen LogP contribution in [0.4, 0.5) is 17.6 Å². The van der Waals surface area contributed by atoms with Crippen molar-refractivity contribution in [3.63, 3.8) is 0 Å². The van der Waals surface area contributed by atoms with Crippen LogP contribution in [0.5, 0.6) is 11.5 Å². The van der Waals surface area contributed by atoms with Gasteiger partial charge in [-0.05, 0) is 42.8 Å². The SMILES string of the molecule is COc1ccc(Cc2nccc(-c3cnn(C(C)c4ccc(C(F)(F)F)cc4F)c3)n2)cc1OC. The van der Waals surface area contributed by atoms with Crippen molar-refractivity contribution < 1.29 is 27.0 Å². The first-order valence-electron chi connectivity index (χ1n) is 10.6. The van der Waals surface area contributed by atoms with E-state index in [0.29, 0.717) is 41.1 Å². The van der Waals surface area contributed by atoms with Gasteiger partial charge < -0.3 is 9.47 Å². The minimum Gasteiger partial charge on any atom is -0.493 e. The Morgan fingerprint density at radius 2 is 1.77 bits per heavy atom. The van der Waals surface area contributed by atoms with E-state index in [4.69, 9.17) is 9.47 Å². The molecule has 10 heteroatoms. The molecule has 4 aromatic rings. The molecule has 0 fully saturated rings. The molecule has 0 N–H and O–H groups in total.